The van der Waals surface area contributed by atoms with Crippen LogP contribution in [-0.4, -0.2) is 18.3 Å². The van der Waals surface area contributed by atoms with Crippen molar-refractivity contribution in [2.24, 2.45) is 0 Å². The van der Waals surface area contributed by atoms with Crippen molar-refractivity contribution in [3.63, 3.8) is 0 Å². The van der Waals surface area contributed by atoms with Crippen LogP contribution in [0.1, 0.15) is 5.69 Å². The van der Waals surface area contributed by atoms with Crippen LogP contribution in [0.5, 0.6) is 0 Å². The summed E-state index contributed by atoms with van der Waals surface area (Å²) in [7, 11) is -2.57. The molecule has 2 rings (SSSR count). The lowest BCUT2D eigenvalue weighted by Crippen LogP contribution is -2.13. The van der Waals surface area contributed by atoms with Crippen LogP contribution in [0.25, 0.3) is 10.9 Å². The molecule has 0 unspecified atom stereocenters. The fraction of sp³-hybridized carbons (Fsp3) is 0.250. The normalized spacial score (nSPS) is 12.0. The molecule has 3 nitrogen and oxygen atoms in total. The van der Waals surface area contributed by atoms with Gasteiger partial charge in [0.25, 0.3) is 0 Å². The predicted molar refractivity (Wildman–Crippen MR) is 69.9 cm³/mol. The van der Waals surface area contributed by atoms with Crippen LogP contribution in [0.3, 0.4) is 0 Å². The van der Waals surface area contributed by atoms with Crippen LogP contribution < -0.4 is 11.0 Å². The van der Waals surface area contributed by atoms with E-state index in [9.17, 15) is 8.96 Å². The van der Waals surface area contributed by atoms with E-state index in [1.165, 1.54) is 6.07 Å². The molecule has 0 atom stereocenters. The first-order valence-electron chi connectivity index (χ1n) is 5.21. The van der Waals surface area contributed by atoms with Crippen LogP contribution in [0, 0.1) is 12.7 Å². The van der Waals surface area contributed by atoms with Gasteiger partial charge in [0.05, 0.1) is 0 Å². The third-order valence-electron chi connectivity index (χ3n) is 2.61. The molecule has 0 spiro atoms. The molecule has 0 aliphatic heterocycles. The number of halogens is 1. The second-order valence-corrected chi connectivity index (χ2v) is 7.64. The zero-order valence-corrected chi connectivity index (χ0v) is 10.9. The van der Waals surface area contributed by atoms with E-state index in [4.69, 9.17) is 5.73 Å². The second kappa shape index (κ2) is 3.81. The van der Waals surface area contributed by atoms with Crippen molar-refractivity contribution < 1.29 is 8.96 Å². The molecule has 0 bridgehead atoms. The molecular weight excluding hydrogens is 238 g/mol. The van der Waals surface area contributed by atoms with Crippen LogP contribution in [0.15, 0.2) is 18.2 Å². The SMILES string of the molecule is Cc1ccc2c(P(C)(C)=O)c(N)cc(F)c2n1. The number of benzene rings is 1. The first-order chi connectivity index (χ1) is 7.80. The molecule has 2 N–H and O–H groups in total. The fourth-order valence-electron chi connectivity index (χ4n) is 1.96. The second-order valence-electron chi connectivity index (χ2n) is 4.50. The smallest absolute Gasteiger partial charge is 0.151 e. The number of pyridine rings is 1. The minimum Gasteiger partial charge on any atom is -0.398 e. The highest BCUT2D eigenvalue weighted by molar-refractivity contribution is 7.71. The maximum Gasteiger partial charge on any atom is 0.151 e. The minimum atomic E-state index is -2.57. The van der Waals surface area contributed by atoms with Crippen LogP contribution in [0.4, 0.5) is 10.1 Å². The summed E-state index contributed by atoms with van der Waals surface area (Å²) in [5.41, 5.74) is 6.95. The average molecular weight is 252 g/mol. The molecule has 0 saturated heterocycles. The van der Waals surface area contributed by atoms with Gasteiger partial charge in [0.1, 0.15) is 12.7 Å². The minimum absolute atomic E-state index is 0.231. The maximum atomic E-state index is 13.8. The van der Waals surface area contributed by atoms with E-state index < -0.39 is 13.0 Å². The molecule has 17 heavy (non-hydrogen) atoms. The van der Waals surface area contributed by atoms with Gasteiger partial charge >= 0.3 is 0 Å². The van der Waals surface area contributed by atoms with Crippen molar-refractivity contribution in [1.82, 2.24) is 4.98 Å². The molecular formula is C12H14FN2OP. The molecule has 2 aromatic rings. The molecule has 0 saturated carbocycles. The summed E-state index contributed by atoms with van der Waals surface area (Å²) >= 11 is 0. The number of aryl methyl sites for hydroxylation is 1. The highest BCUT2D eigenvalue weighted by Gasteiger charge is 2.21. The van der Waals surface area contributed by atoms with Crippen molar-refractivity contribution in [2.75, 3.05) is 19.1 Å². The molecule has 0 radical (unpaired) electrons. The summed E-state index contributed by atoms with van der Waals surface area (Å²) in [6, 6.07) is 4.69. The summed E-state index contributed by atoms with van der Waals surface area (Å²) in [5.74, 6) is -0.474. The van der Waals surface area contributed by atoms with Gasteiger partial charge in [-0.2, -0.15) is 0 Å². The first-order valence-corrected chi connectivity index (χ1v) is 7.81. The Morgan fingerprint density at radius 3 is 2.59 bits per heavy atom. The lowest BCUT2D eigenvalue weighted by atomic mass is 10.1. The van der Waals surface area contributed by atoms with Gasteiger partial charge in [-0.3, -0.25) is 4.98 Å². The Labute approximate surface area is 99.2 Å². The first kappa shape index (κ1) is 12.1. The molecule has 0 aliphatic rings. The largest absolute Gasteiger partial charge is 0.398 e. The van der Waals surface area contributed by atoms with Gasteiger partial charge in [0, 0.05) is 22.1 Å². The Bertz CT molecular complexity index is 648. The summed E-state index contributed by atoms with van der Waals surface area (Å²) in [6.07, 6.45) is 0. The van der Waals surface area contributed by atoms with Crippen molar-refractivity contribution in [3.05, 3.63) is 29.7 Å². The quantitative estimate of drug-likeness (QED) is 0.626. The maximum absolute atomic E-state index is 13.8. The Morgan fingerprint density at radius 2 is 2.00 bits per heavy atom. The third-order valence-corrected chi connectivity index (χ3v) is 4.19. The summed E-state index contributed by atoms with van der Waals surface area (Å²) in [6.45, 7) is 5.03. The monoisotopic (exact) mass is 252 g/mol. The predicted octanol–water partition coefficient (Wildman–Crippen LogP) is 2.51. The molecule has 5 heteroatoms. The highest BCUT2D eigenvalue weighted by atomic mass is 31.2. The standard InChI is InChI=1S/C12H14FN2OP/c1-7-4-5-8-11(15-7)9(13)6-10(14)12(8)17(2,3)16/h4-6H,14H2,1-3H3. The van der Waals surface area contributed by atoms with E-state index in [-0.39, 0.29) is 11.2 Å². The number of nitrogens with two attached hydrogens (primary N) is 1. The number of rotatable bonds is 1. The highest BCUT2D eigenvalue weighted by Crippen LogP contribution is 2.40. The van der Waals surface area contributed by atoms with E-state index in [0.29, 0.717) is 16.4 Å². The van der Waals surface area contributed by atoms with Gasteiger partial charge in [-0.05, 0) is 32.4 Å². The Morgan fingerprint density at radius 1 is 1.35 bits per heavy atom. The van der Waals surface area contributed by atoms with E-state index in [1.807, 2.05) is 0 Å². The fourth-order valence-corrected chi connectivity index (χ4v) is 3.41. The van der Waals surface area contributed by atoms with Gasteiger partial charge in [-0.25, -0.2) is 4.39 Å². The summed E-state index contributed by atoms with van der Waals surface area (Å²) in [4.78, 5) is 4.14. The van der Waals surface area contributed by atoms with E-state index in [2.05, 4.69) is 4.98 Å². The number of hydrogen-bond donors (Lipinski definition) is 1. The average Bonchev–Trinajstić information content (AvgIpc) is 2.17. The van der Waals surface area contributed by atoms with Crippen LogP contribution in [0.2, 0.25) is 0 Å². The zero-order valence-electron chi connectivity index (χ0n) is 9.99. The Hall–Kier alpha value is -1.41. The third kappa shape index (κ3) is 2.05. The summed E-state index contributed by atoms with van der Waals surface area (Å²) in [5, 5.41) is 1.06. The van der Waals surface area contributed by atoms with Crippen molar-refractivity contribution in [1.29, 1.82) is 0 Å². The van der Waals surface area contributed by atoms with Gasteiger partial charge in [0.2, 0.25) is 0 Å². The van der Waals surface area contributed by atoms with E-state index in [1.54, 1.807) is 32.4 Å². The van der Waals surface area contributed by atoms with Gasteiger partial charge < -0.3 is 10.3 Å². The number of aromatic nitrogens is 1. The van der Waals surface area contributed by atoms with Gasteiger partial charge in [-0.15, -0.1) is 0 Å². The lowest BCUT2D eigenvalue weighted by molar-refractivity contribution is 0.588. The molecule has 0 aliphatic carbocycles. The Kier molecular flexibility index (Phi) is 2.70. The number of hydrogen-bond acceptors (Lipinski definition) is 3. The van der Waals surface area contributed by atoms with Gasteiger partial charge in [-0.1, -0.05) is 6.07 Å². The number of nitrogens with zero attached hydrogens (tertiary/aromatic N) is 1. The van der Waals surface area contributed by atoms with Crippen LogP contribution >= 0.6 is 7.14 Å². The van der Waals surface area contributed by atoms with Gasteiger partial charge in [0.15, 0.2) is 5.82 Å². The summed E-state index contributed by atoms with van der Waals surface area (Å²) < 4.78 is 26.0. The molecule has 1 aromatic carbocycles. The molecule has 1 aromatic heterocycles. The molecule has 90 valence electrons. The van der Waals surface area contributed by atoms with Crippen molar-refractivity contribution in [2.45, 2.75) is 6.92 Å². The van der Waals surface area contributed by atoms with Crippen LogP contribution in [-0.2, 0) is 4.57 Å². The van der Waals surface area contributed by atoms with E-state index >= 15 is 0 Å². The van der Waals surface area contributed by atoms with Crippen molar-refractivity contribution >= 4 is 29.0 Å². The number of nitrogen functional groups attached to an aromatic ring is 1. The zero-order chi connectivity index (χ0) is 12.8. The molecule has 1 heterocycles. The van der Waals surface area contributed by atoms with E-state index in [0.717, 1.165) is 0 Å². The number of fused-ring (bicyclic) bond motifs is 1. The topological polar surface area (TPSA) is 56.0 Å². The molecule has 0 amide bonds. The Balaban J connectivity index is 2.99. The lowest BCUT2D eigenvalue weighted by Gasteiger charge is -2.14. The van der Waals surface area contributed by atoms with Crippen molar-refractivity contribution in [3.8, 4) is 0 Å². The number of anilines is 1. The molecule has 0 fully saturated rings.